The van der Waals surface area contributed by atoms with Gasteiger partial charge in [-0.25, -0.2) is 19.3 Å². The molecule has 2 aliphatic rings. The summed E-state index contributed by atoms with van der Waals surface area (Å²) in [6, 6.07) is 3.25. The average molecular weight is 472 g/mol. The molecule has 9 nitrogen and oxygen atoms in total. The summed E-state index contributed by atoms with van der Waals surface area (Å²) in [6.07, 6.45) is 5.75. The van der Waals surface area contributed by atoms with Crippen LogP contribution in [0.3, 0.4) is 0 Å². The van der Waals surface area contributed by atoms with E-state index in [0.29, 0.717) is 31.0 Å². The van der Waals surface area contributed by atoms with Crippen LogP contribution in [-0.4, -0.2) is 58.2 Å². The second kappa shape index (κ2) is 10.0. The van der Waals surface area contributed by atoms with E-state index in [4.69, 9.17) is 9.47 Å². The molecular formula is C24H30FN5O4. The predicted molar refractivity (Wildman–Crippen MR) is 124 cm³/mol. The maximum absolute atomic E-state index is 14.7. The van der Waals surface area contributed by atoms with Gasteiger partial charge in [-0.3, -0.25) is 14.5 Å². The van der Waals surface area contributed by atoms with Gasteiger partial charge in [0.1, 0.15) is 23.7 Å². The Labute approximate surface area is 198 Å². The van der Waals surface area contributed by atoms with Gasteiger partial charge in [0.15, 0.2) is 5.82 Å². The van der Waals surface area contributed by atoms with E-state index >= 15 is 0 Å². The maximum Gasteiger partial charge on any atom is 0.309 e. The number of aromatic nitrogens is 3. The van der Waals surface area contributed by atoms with Crippen molar-refractivity contribution in [3.63, 3.8) is 0 Å². The number of anilines is 2. The van der Waals surface area contributed by atoms with Gasteiger partial charge >= 0.3 is 5.97 Å². The number of hydrogen-bond donors (Lipinski definition) is 1. The molecule has 4 rings (SSSR count). The van der Waals surface area contributed by atoms with Crippen LogP contribution in [0.4, 0.5) is 16.2 Å². The molecular weight excluding hydrogens is 441 g/mol. The third-order valence-corrected chi connectivity index (χ3v) is 5.77. The number of ether oxygens (including phenoxy) is 2. The number of pyridine rings is 1. The van der Waals surface area contributed by atoms with Gasteiger partial charge in [-0.1, -0.05) is 6.42 Å². The average Bonchev–Trinajstić information content (AvgIpc) is 2.80. The first-order valence-electron chi connectivity index (χ1n) is 11.6. The monoisotopic (exact) mass is 471 g/mol. The van der Waals surface area contributed by atoms with E-state index in [9.17, 15) is 14.0 Å². The molecule has 1 N–H and O–H groups in total. The van der Waals surface area contributed by atoms with E-state index in [2.05, 4.69) is 20.3 Å². The van der Waals surface area contributed by atoms with Gasteiger partial charge in [-0.05, 0) is 52.2 Å². The van der Waals surface area contributed by atoms with Crippen molar-refractivity contribution in [1.82, 2.24) is 15.0 Å². The Morgan fingerprint density at radius 1 is 1.29 bits per heavy atom. The fourth-order valence-corrected chi connectivity index (χ4v) is 4.22. The van der Waals surface area contributed by atoms with Gasteiger partial charge in [0, 0.05) is 17.8 Å². The number of morpholine rings is 1. The minimum Gasteiger partial charge on any atom is -0.460 e. The molecule has 0 radical (unpaired) electrons. The normalized spacial score (nSPS) is 21.3. The molecule has 2 aromatic heterocycles. The Morgan fingerprint density at radius 3 is 2.88 bits per heavy atom. The molecule has 2 fully saturated rings. The quantitative estimate of drug-likeness (QED) is 0.662. The fourth-order valence-electron chi connectivity index (χ4n) is 4.22. The summed E-state index contributed by atoms with van der Waals surface area (Å²) in [6.45, 7) is 6.37. The Hall–Kier alpha value is -3.14. The number of rotatable bonds is 5. The molecule has 34 heavy (non-hydrogen) atoms. The lowest BCUT2D eigenvalue weighted by Gasteiger charge is -2.30. The number of halogens is 1. The van der Waals surface area contributed by atoms with E-state index in [1.165, 1.54) is 11.1 Å². The van der Waals surface area contributed by atoms with E-state index in [0.717, 1.165) is 25.5 Å². The van der Waals surface area contributed by atoms with E-state index < -0.39 is 11.4 Å². The molecule has 1 aliphatic heterocycles. The lowest BCUT2D eigenvalue weighted by atomic mass is 9.85. The summed E-state index contributed by atoms with van der Waals surface area (Å²) in [5.74, 6) is -0.455. The number of amides is 1. The summed E-state index contributed by atoms with van der Waals surface area (Å²) in [5.41, 5.74) is 0.0747. The van der Waals surface area contributed by atoms with Crippen molar-refractivity contribution >= 4 is 23.6 Å². The highest BCUT2D eigenvalue weighted by atomic mass is 19.1. The summed E-state index contributed by atoms with van der Waals surface area (Å²) in [5, 5.41) is 3.26. The zero-order valence-electron chi connectivity index (χ0n) is 19.7. The molecule has 182 valence electrons. The van der Waals surface area contributed by atoms with Gasteiger partial charge in [0.2, 0.25) is 5.95 Å². The van der Waals surface area contributed by atoms with Crippen LogP contribution in [0.1, 0.15) is 46.5 Å². The molecule has 0 unspecified atom stereocenters. The van der Waals surface area contributed by atoms with Gasteiger partial charge < -0.3 is 14.8 Å². The molecule has 3 heterocycles. The van der Waals surface area contributed by atoms with Crippen molar-refractivity contribution in [3.8, 4) is 11.3 Å². The van der Waals surface area contributed by atoms with Crippen molar-refractivity contribution in [1.29, 1.82) is 0 Å². The maximum atomic E-state index is 14.7. The highest BCUT2D eigenvalue weighted by Gasteiger charge is 2.31. The highest BCUT2D eigenvalue weighted by molar-refractivity contribution is 5.94. The number of nitrogens with one attached hydrogen (secondary N) is 1. The molecule has 0 aromatic carbocycles. The first-order chi connectivity index (χ1) is 16.2. The standard InChI is InChI=1S/C24H30FN5O4/c1-24(2,3)34-22(32)16-5-4-6-17(11-16)28-23-27-13-18(25)21(29-23)15-7-8-26-19(12-15)30-9-10-33-14-20(30)31/h7-8,12-13,16-17H,4-6,9-11,14H2,1-3H3,(H,27,28,29)/t16-,17+/m0/s1. The lowest BCUT2D eigenvalue weighted by molar-refractivity contribution is -0.161. The highest BCUT2D eigenvalue weighted by Crippen LogP contribution is 2.30. The topological polar surface area (TPSA) is 107 Å². The van der Waals surface area contributed by atoms with Crippen LogP contribution in [0, 0.1) is 11.7 Å². The zero-order valence-corrected chi connectivity index (χ0v) is 19.7. The van der Waals surface area contributed by atoms with Crippen LogP contribution in [0.25, 0.3) is 11.3 Å². The Kier molecular flexibility index (Phi) is 7.06. The second-order valence-electron chi connectivity index (χ2n) is 9.63. The minimum atomic E-state index is -0.578. The van der Waals surface area contributed by atoms with Crippen molar-refractivity contribution in [2.45, 2.75) is 58.1 Å². The van der Waals surface area contributed by atoms with Crippen LogP contribution in [0.2, 0.25) is 0 Å². The summed E-state index contributed by atoms with van der Waals surface area (Å²) >= 11 is 0. The van der Waals surface area contributed by atoms with Crippen molar-refractivity contribution in [2.24, 2.45) is 5.92 Å². The number of esters is 1. The van der Waals surface area contributed by atoms with Gasteiger partial charge in [-0.2, -0.15) is 0 Å². The van der Waals surface area contributed by atoms with Crippen molar-refractivity contribution < 1.29 is 23.5 Å². The Bertz CT molecular complexity index is 1060. The molecule has 2 atom stereocenters. The zero-order chi connectivity index (χ0) is 24.3. The van der Waals surface area contributed by atoms with Crippen molar-refractivity contribution in [3.05, 3.63) is 30.3 Å². The number of hydrogen-bond acceptors (Lipinski definition) is 8. The van der Waals surface area contributed by atoms with Crippen LogP contribution < -0.4 is 10.2 Å². The predicted octanol–water partition coefficient (Wildman–Crippen LogP) is 3.35. The van der Waals surface area contributed by atoms with Gasteiger partial charge in [-0.15, -0.1) is 0 Å². The van der Waals surface area contributed by atoms with Crippen LogP contribution in [0.15, 0.2) is 24.5 Å². The van der Waals surface area contributed by atoms with Gasteiger partial charge in [0.25, 0.3) is 5.91 Å². The Morgan fingerprint density at radius 2 is 2.12 bits per heavy atom. The fraction of sp³-hybridized carbons (Fsp3) is 0.542. The first kappa shape index (κ1) is 24.0. The lowest BCUT2D eigenvalue weighted by Crippen LogP contribution is -2.42. The molecule has 1 saturated carbocycles. The van der Waals surface area contributed by atoms with Gasteiger partial charge in [0.05, 0.1) is 25.3 Å². The van der Waals surface area contributed by atoms with E-state index in [-0.39, 0.29) is 42.1 Å². The van der Waals surface area contributed by atoms with Crippen molar-refractivity contribution in [2.75, 3.05) is 30.0 Å². The Balaban J connectivity index is 1.49. The molecule has 1 saturated heterocycles. The molecule has 0 bridgehead atoms. The first-order valence-corrected chi connectivity index (χ1v) is 11.6. The number of nitrogens with zero attached hydrogens (tertiary/aromatic N) is 4. The van der Waals surface area contributed by atoms with Crippen LogP contribution in [0.5, 0.6) is 0 Å². The SMILES string of the molecule is CC(C)(C)OC(=O)[C@H]1CCC[C@@H](Nc2ncc(F)c(-c3ccnc(N4CCOCC4=O)c3)n2)C1. The van der Waals surface area contributed by atoms with E-state index in [1.807, 2.05) is 20.8 Å². The van der Waals surface area contributed by atoms with E-state index in [1.54, 1.807) is 12.1 Å². The number of carbonyl (C=O) groups excluding carboxylic acids is 2. The minimum absolute atomic E-state index is 0.00643. The van der Waals surface area contributed by atoms with Crippen LogP contribution >= 0.6 is 0 Å². The largest absolute Gasteiger partial charge is 0.460 e. The summed E-state index contributed by atoms with van der Waals surface area (Å²) in [7, 11) is 0. The molecule has 10 heteroatoms. The third-order valence-electron chi connectivity index (χ3n) is 5.77. The second-order valence-corrected chi connectivity index (χ2v) is 9.63. The number of carbonyl (C=O) groups is 2. The molecule has 1 amide bonds. The molecule has 2 aromatic rings. The van der Waals surface area contributed by atoms with Crippen LogP contribution in [-0.2, 0) is 19.1 Å². The molecule has 0 spiro atoms. The summed E-state index contributed by atoms with van der Waals surface area (Å²) in [4.78, 5) is 38.9. The smallest absolute Gasteiger partial charge is 0.309 e. The summed E-state index contributed by atoms with van der Waals surface area (Å²) < 4.78 is 25.4. The molecule has 1 aliphatic carbocycles. The third kappa shape index (κ3) is 5.85.